The molecule has 1 atom stereocenters. The molecule has 0 aromatic carbocycles. The molecule has 2 rings (SSSR count). The van der Waals surface area contributed by atoms with Crippen molar-refractivity contribution < 1.29 is 29.5 Å². The van der Waals surface area contributed by atoms with Crippen LogP contribution in [-0.2, 0) is 24.7 Å². The monoisotopic (exact) mass is 358 g/mol. The van der Waals surface area contributed by atoms with Gasteiger partial charge in [0.15, 0.2) is 0 Å². The van der Waals surface area contributed by atoms with Crippen molar-refractivity contribution in [2.45, 2.75) is 45.8 Å². The van der Waals surface area contributed by atoms with Gasteiger partial charge in [0.25, 0.3) is 0 Å². The van der Waals surface area contributed by atoms with Crippen LogP contribution in [0.25, 0.3) is 0 Å². The highest BCUT2D eigenvalue weighted by Gasteiger charge is 2.69. The molecular formula is C7H22O7Si5. The van der Waals surface area contributed by atoms with Gasteiger partial charge in [-0.15, -0.1) is 0 Å². The summed E-state index contributed by atoms with van der Waals surface area (Å²) in [6.07, 6.45) is 0. The Kier molecular flexibility index (Phi) is 3.75. The average molecular weight is 359 g/mol. The van der Waals surface area contributed by atoms with Gasteiger partial charge in [-0.2, -0.15) is 0 Å². The molecule has 0 aromatic heterocycles. The smallest absolute Gasteiger partial charge is 0.416 e. The fourth-order valence-corrected chi connectivity index (χ4v) is 25.3. The lowest BCUT2D eigenvalue weighted by atomic mass is 11.9. The summed E-state index contributed by atoms with van der Waals surface area (Å²) in [5, 5.41) is 0. The maximum absolute atomic E-state index is 10.3. The third-order valence-electron chi connectivity index (χ3n) is 2.35. The third-order valence-corrected chi connectivity index (χ3v) is 21.2. The van der Waals surface area contributed by atoms with E-state index in [-0.39, 0.29) is 0 Å². The molecule has 1 spiro atoms. The van der Waals surface area contributed by atoms with Crippen LogP contribution in [0.3, 0.4) is 0 Å². The summed E-state index contributed by atoms with van der Waals surface area (Å²) in [5.41, 5.74) is 0. The van der Waals surface area contributed by atoms with E-state index in [2.05, 4.69) is 0 Å². The largest absolute Gasteiger partial charge is 0.644 e. The van der Waals surface area contributed by atoms with Crippen LogP contribution in [0.4, 0.5) is 0 Å². The van der Waals surface area contributed by atoms with Crippen LogP contribution in [0.15, 0.2) is 0 Å². The van der Waals surface area contributed by atoms with Gasteiger partial charge >= 0.3 is 43.5 Å². The Morgan fingerprint density at radius 1 is 0.526 bits per heavy atom. The minimum atomic E-state index is -3.36. The molecular weight excluding hydrogens is 337 g/mol. The van der Waals surface area contributed by atoms with E-state index in [1.165, 1.54) is 0 Å². The fraction of sp³-hybridized carbons (Fsp3) is 1.00. The lowest BCUT2D eigenvalue weighted by Crippen LogP contribution is -2.77. The molecule has 0 aliphatic carbocycles. The van der Waals surface area contributed by atoms with Crippen molar-refractivity contribution in [1.29, 1.82) is 0 Å². The highest BCUT2D eigenvalue weighted by atomic mass is 28.6. The molecule has 1 N–H and O–H groups in total. The molecule has 2 saturated heterocycles. The molecule has 2 fully saturated rings. The topological polar surface area (TPSA) is 75.6 Å². The Morgan fingerprint density at radius 2 is 0.895 bits per heavy atom. The summed E-state index contributed by atoms with van der Waals surface area (Å²) in [6, 6.07) is 0. The van der Waals surface area contributed by atoms with Gasteiger partial charge in [0.2, 0.25) is 0 Å². The predicted octanol–water partition coefficient (Wildman–Crippen LogP) is 1.22. The van der Waals surface area contributed by atoms with Crippen molar-refractivity contribution in [3.05, 3.63) is 0 Å². The van der Waals surface area contributed by atoms with Gasteiger partial charge in [0, 0.05) is 6.55 Å². The Hall–Kier alpha value is 0.804. The maximum Gasteiger partial charge on any atom is 0.644 e. The van der Waals surface area contributed by atoms with Gasteiger partial charge in [0.05, 0.1) is 0 Å². The van der Waals surface area contributed by atoms with Gasteiger partial charge < -0.3 is 29.5 Å². The zero-order valence-corrected chi connectivity index (χ0v) is 17.4. The highest BCUT2D eigenvalue weighted by molar-refractivity contribution is 6.96. The molecule has 0 saturated carbocycles. The summed E-state index contributed by atoms with van der Waals surface area (Å²) in [4.78, 5) is 10.3. The van der Waals surface area contributed by atoms with E-state index in [1.807, 2.05) is 39.3 Å². The van der Waals surface area contributed by atoms with E-state index in [0.717, 1.165) is 0 Å². The normalized spacial score (nSPS) is 39.2. The van der Waals surface area contributed by atoms with Crippen molar-refractivity contribution in [1.82, 2.24) is 0 Å². The van der Waals surface area contributed by atoms with E-state index >= 15 is 0 Å². The second kappa shape index (κ2) is 4.40. The van der Waals surface area contributed by atoms with Crippen LogP contribution in [0.2, 0.25) is 45.8 Å². The van der Waals surface area contributed by atoms with Crippen molar-refractivity contribution in [2.75, 3.05) is 0 Å². The summed E-state index contributed by atoms with van der Waals surface area (Å²) in [6.45, 7) is 13.0. The first-order chi connectivity index (χ1) is 8.24. The predicted molar refractivity (Wildman–Crippen MR) is 78.5 cm³/mol. The third kappa shape index (κ3) is 3.92. The molecule has 12 heteroatoms. The Morgan fingerprint density at radius 3 is 1.26 bits per heavy atom. The number of rotatable bonds is 0. The number of hydrogen-bond acceptors (Lipinski definition) is 7. The van der Waals surface area contributed by atoms with Gasteiger partial charge in [-0.3, -0.25) is 0 Å². The van der Waals surface area contributed by atoms with Gasteiger partial charge in [-0.05, 0) is 39.3 Å². The Bertz CT molecular complexity index is 313. The van der Waals surface area contributed by atoms with Gasteiger partial charge in [-0.1, -0.05) is 0 Å². The minimum Gasteiger partial charge on any atom is -0.416 e. The molecule has 0 aromatic rings. The standard InChI is InChI=1S/C7H22O7Si5/c1-15(2)9-16(3,4)12-19(11-15)13-17(5,6)10-18(7,8)14-19/h8H,1-7H3. The zero-order valence-electron chi connectivity index (χ0n) is 12.4. The molecule has 2 aliphatic rings. The van der Waals surface area contributed by atoms with Crippen LogP contribution < -0.4 is 0 Å². The lowest BCUT2D eigenvalue weighted by molar-refractivity contribution is 0.0333. The molecule has 0 amide bonds. The Balaban J connectivity index is 2.35. The average Bonchev–Trinajstić information content (AvgIpc) is 1.84. The van der Waals surface area contributed by atoms with Crippen LogP contribution in [0.1, 0.15) is 0 Å². The maximum atomic E-state index is 10.3. The molecule has 0 bridgehead atoms. The van der Waals surface area contributed by atoms with Crippen LogP contribution in [0, 0.1) is 0 Å². The molecule has 7 nitrogen and oxygen atoms in total. The van der Waals surface area contributed by atoms with E-state index < -0.39 is 43.5 Å². The molecule has 2 aliphatic heterocycles. The van der Waals surface area contributed by atoms with E-state index in [4.69, 9.17) is 24.7 Å². The molecule has 1 unspecified atom stereocenters. The number of hydrogen-bond donors (Lipinski definition) is 1. The molecule has 0 radical (unpaired) electrons. The summed E-state index contributed by atoms with van der Waals surface area (Å²) < 4.78 is 35.1. The second-order valence-electron chi connectivity index (χ2n) is 6.21. The lowest BCUT2D eigenvalue weighted by Gasteiger charge is -2.52. The Labute approximate surface area is 119 Å². The van der Waals surface area contributed by atoms with Crippen molar-refractivity contribution in [2.24, 2.45) is 0 Å². The van der Waals surface area contributed by atoms with Crippen molar-refractivity contribution in [3.8, 4) is 0 Å². The van der Waals surface area contributed by atoms with Crippen LogP contribution >= 0.6 is 0 Å². The summed E-state index contributed by atoms with van der Waals surface area (Å²) in [7, 11) is -13.9. The van der Waals surface area contributed by atoms with Crippen LogP contribution in [-0.4, -0.2) is 48.3 Å². The minimum absolute atomic E-state index is 1.57. The van der Waals surface area contributed by atoms with Gasteiger partial charge in [-0.25, -0.2) is 0 Å². The SMILES string of the molecule is C[Si]1(C)O[Si](C)(C)O[Si]2(O1)O[Si](C)(C)O[Si](C)(O)O2. The van der Waals surface area contributed by atoms with Crippen molar-refractivity contribution >= 4 is 43.5 Å². The highest BCUT2D eigenvalue weighted by Crippen LogP contribution is 2.38. The van der Waals surface area contributed by atoms with E-state index in [1.54, 1.807) is 6.55 Å². The van der Waals surface area contributed by atoms with E-state index in [9.17, 15) is 4.80 Å². The van der Waals surface area contributed by atoms with E-state index in [0.29, 0.717) is 0 Å². The molecule has 19 heavy (non-hydrogen) atoms. The molecule has 112 valence electrons. The zero-order chi connectivity index (χ0) is 14.7. The quantitative estimate of drug-likeness (QED) is 0.652. The summed E-state index contributed by atoms with van der Waals surface area (Å²) >= 11 is 0. The first kappa shape index (κ1) is 16.2. The van der Waals surface area contributed by atoms with Crippen molar-refractivity contribution in [3.63, 3.8) is 0 Å². The van der Waals surface area contributed by atoms with Crippen LogP contribution in [0.5, 0.6) is 0 Å². The first-order valence-electron chi connectivity index (χ1n) is 6.17. The second-order valence-corrected chi connectivity index (χ2v) is 22.3. The van der Waals surface area contributed by atoms with Gasteiger partial charge in [0.1, 0.15) is 0 Å². The molecule has 2 heterocycles. The fourth-order valence-electron chi connectivity index (χ4n) is 2.39. The summed E-state index contributed by atoms with van der Waals surface area (Å²) in [5.74, 6) is 0. The first-order valence-corrected chi connectivity index (χ1v) is 18.5.